The van der Waals surface area contributed by atoms with Crippen molar-refractivity contribution in [1.29, 1.82) is 0 Å². The molecule has 1 heteroatoms. The van der Waals surface area contributed by atoms with Gasteiger partial charge >= 0.3 is 0 Å². The summed E-state index contributed by atoms with van der Waals surface area (Å²) in [5.41, 5.74) is 0. The first-order valence-electron chi connectivity index (χ1n) is 5.48. The number of nitrogens with one attached hydrogen (secondary N) is 1. The van der Waals surface area contributed by atoms with E-state index < -0.39 is 0 Å². The van der Waals surface area contributed by atoms with E-state index in [0.29, 0.717) is 0 Å². The Balaban J connectivity index is 2.82. The van der Waals surface area contributed by atoms with Gasteiger partial charge in [-0.25, -0.2) is 0 Å². The van der Waals surface area contributed by atoms with E-state index in [9.17, 15) is 0 Å². The van der Waals surface area contributed by atoms with Gasteiger partial charge < -0.3 is 5.32 Å². The van der Waals surface area contributed by atoms with Crippen molar-refractivity contribution in [2.24, 2.45) is 5.92 Å². The molecule has 74 valence electrons. The Morgan fingerprint density at radius 2 is 1.67 bits per heavy atom. The molecular formula is C11H25N. The minimum Gasteiger partial charge on any atom is -0.317 e. The highest BCUT2D eigenvalue weighted by Gasteiger charge is 1.92. The van der Waals surface area contributed by atoms with Crippen LogP contribution in [0.2, 0.25) is 0 Å². The summed E-state index contributed by atoms with van der Waals surface area (Å²) < 4.78 is 0. The second-order valence-corrected chi connectivity index (χ2v) is 3.99. The molecule has 0 aliphatic rings. The molecule has 0 unspecified atom stereocenters. The third-order valence-electron chi connectivity index (χ3n) is 2.09. The number of hydrogen-bond donors (Lipinski definition) is 1. The minimum atomic E-state index is 0.863. The van der Waals surface area contributed by atoms with Gasteiger partial charge in [-0.2, -0.15) is 0 Å². The van der Waals surface area contributed by atoms with Crippen molar-refractivity contribution in [1.82, 2.24) is 5.32 Å². The maximum atomic E-state index is 3.48. The molecule has 0 spiro atoms. The smallest absolute Gasteiger partial charge is 0.00488 e. The molecule has 1 N–H and O–H groups in total. The Hall–Kier alpha value is -0.0400. The lowest BCUT2D eigenvalue weighted by molar-refractivity contribution is 0.520. The lowest BCUT2D eigenvalue weighted by Crippen LogP contribution is -2.16. The first-order chi connectivity index (χ1) is 5.77. The summed E-state index contributed by atoms with van der Waals surface area (Å²) in [5.74, 6) is 0.863. The molecule has 0 aromatic carbocycles. The van der Waals surface area contributed by atoms with Crippen LogP contribution in [0.1, 0.15) is 52.9 Å². The standard InChI is InChI=1S/C11H25N/c1-4-5-6-9-12-10-7-8-11(2)3/h11-12H,4-10H2,1-3H3. The van der Waals surface area contributed by atoms with Crippen molar-refractivity contribution in [2.75, 3.05) is 13.1 Å². The van der Waals surface area contributed by atoms with Crippen molar-refractivity contribution in [3.05, 3.63) is 0 Å². The molecule has 0 aliphatic carbocycles. The van der Waals surface area contributed by atoms with Gasteiger partial charge in [0, 0.05) is 0 Å². The van der Waals surface area contributed by atoms with Crippen molar-refractivity contribution < 1.29 is 0 Å². The molecule has 0 atom stereocenters. The highest BCUT2D eigenvalue weighted by atomic mass is 14.8. The highest BCUT2D eigenvalue weighted by molar-refractivity contribution is 4.51. The van der Waals surface area contributed by atoms with Crippen molar-refractivity contribution in [3.63, 3.8) is 0 Å². The van der Waals surface area contributed by atoms with E-state index in [4.69, 9.17) is 0 Å². The van der Waals surface area contributed by atoms with Gasteiger partial charge in [0.1, 0.15) is 0 Å². The van der Waals surface area contributed by atoms with Crippen LogP contribution in [0.4, 0.5) is 0 Å². The predicted octanol–water partition coefficient (Wildman–Crippen LogP) is 3.20. The van der Waals surface area contributed by atoms with E-state index in [2.05, 4.69) is 26.1 Å². The van der Waals surface area contributed by atoms with Gasteiger partial charge in [-0.1, -0.05) is 33.6 Å². The van der Waals surface area contributed by atoms with Crippen molar-refractivity contribution in [3.8, 4) is 0 Å². The first-order valence-corrected chi connectivity index (χ1v) is 5.48. The molecule has 0 rings (SSSR count). The van der Waals surface area contributed by atoms with E-state index in [1.807, 2.05) is 0 Å². The maximum absolute atomic E-state index is 3.48. The zero-order valence-corrected chi connectivity index (χ0v) is 9.03. The third kappa shape index (κ3) is 9.96. The molecule has 0 aromatic heterocycles. The Kier molecular flexibility index (Phi) is 9.02. The summed E-state index contributed by atoms with van der Waals surface area (Å²) in [5, 5.41) is 3.48. The van der Waals surface area contributed by atoms with Crippen LogP contribution in [0, 0.1) is 5.92 Å². The maximum Gasteiger partial charge on any atom is -0.00488 e. The monoisotopic (exact) mass is 171 g/mol. The third-order valence-corrected chi connectivity index (χ3v) is 2.09. The Bertz CT molecular complexity index is 79.1. The van der Waals surface area contributed by atoms with E-state index >= 15 is 0 Å². The van der Waals surface area contributed by atoms with Crippen LogP contribution in [0.25, 0.3) is 0 Å². The summed E-state index contributed by atoms with van der Waals surface area (Å²) in [4.78, 5) is 0. The summed E-state index contributed by atoms with van der Waals surface area (Å²) in [6.07, 6.45) is 6.74. The molecule has 0 radical (unpaired) electrons. The molecule has 0 saturated heterocycles. The zero-order chi connectivity index (χ0) is 9.23. The topological polar surface area (TPSA) is 12.0 Å². The van der Waals surface area contributed by atoms with E-state index in [0.717, 1.165) is 5.92 Å². The molecule has 0 aliphatic heterocycles. The zero-order valence-electron chi connectivity index (χ0n) is 9.03. The van der Waals surface area contributed by atoms with E-state index in [1.54, 1.807) is 0 Å². The second-order valence-electron chi connectivity index (χ2n) is 3.99. The number of rotatable bonds is 8. The van der Waals surface area contributed by atoms with E-state index in [1.165, 1.54) is 45.2 Å². The summed E-state index contributed by atoms with van der Waals surface area (Å²) in [6.45, 7) is 9.25. The van der Waals surface area contributed by atoms with Crippen LogP contribution >= 0.6 is 0 Å². The summed E-state index contributed by atoms with van der Waals surface area (Å²) in [6, 6.07) is 0. The molecule has 0 aromatic rings. The van der Waals surface area contributed by atoms with Gasteiger partial charge in [0.05, 0.1) is 0 Å². The molecule has 12 heavy (non-hydrogen) atoms. The minimum absolute atomic E-state index is 0.863. The molecular weight excluding hydrogens is 146 g/mol. The van der Waals surface area contributed by atoms with Crippen LogP contribution in [0.5, 0.6) is 0 Å². The summed E-state index contributed by atoms with van der Waals surface area (Å²) in [7, 11) is 0. The fourth-order valence-electron chi connectivity index (χ4n) is 1.26. The summed E-state index contributed by atoms with van der Waals surface area (Å²) >= 11 is 0. The van der Waals surface area contributed by atoms with Crippen LogP contribution in [-0.4, -0.2) is 13.1 Å². The molecule has 0 fully saturated rings. The van der Waals surface area contributed by atoms with Gasteiger partial charge in [-0.15, -0.1) is 0 Å². The molecule has 1 nitrogen and oxygen atoms in total. The molecule has 0 amide bonds. The lowest BCUT2D eigenvalue weighted by Gasteiger charge is -2.05. The Morgan fingerprint density at radius 3 is 2.25 bits per heavy atom. The Labute approximate surface area is 77.9 Å². The SMILES string of the molecule is CCCCCNCCCC(C)C. The second kappa shape index (κ2) is 9.05. The number of hydrogen-bond acceptors (Lipinski definition) is 1. The van der Waals surface area contributed by atoms with Gasteiger partial charge in [-0.3, -0.25) is 0 Å². The predicted molar refractivity (Wildman–Crippen MR) is 56.5 cm³/mol. The Morgan fingerprint density at radius 1 is 1.00 bits per heavy atom. The van der Waals surface area contributed by atoms with E-state index in [-0.39, 0.29) is 0 Å². The van der Waals surface area contributed by atoms with Gasteiger partial charge in [-0.05, 0) is 38.3 Å². The average Bonchev–Trinajstić information content (AvgIpc) is 2.02. The lowest BCUT2D eigenvalue weighted by atomic mass is 10.1. The van der Waals surface area contributed by atoms with Crippen molar-refractivity contribution >= 4 is 0 Å². The molecule has 0 bridgehead atoms. The van der Waals surface area contributed by atoms with Gasteiger partial charge in [0.15, 0.2) is 0 Å². The van der Waals surface area contributed by atoms with Crippen molar-refractivity contribution in [2.45, 2.75) is 52.9 Å². The quantitative estimate of drug-likeness (QED) is 0.553. The number of unbranched alkanes of at least 4 members (excludes halogenated alkanes) is 2. The fourth-order valence-corrected chi connectivity index (χ4v) is 1.26. The average molecular weight is 171 g/mol. The highest BCUT2D eigenvalue weighted by Crippen LogP contribution is 2.01. The van der Waals surface area contributed by atoms with Crippen LogP contribution in [-0.2, 0) is 0 Å². The fraction of sp³-hybridized carbons (Fsp3) is 1.00. The normalized spacial score (nSPS) is 11.0. The van der Waals surface area contributed by atoms with Crippen LogP contribution < -0.4 is 5.32 Å². The van der Waals surface area contributed by atoms with Gasteiger partial charge in [0.2, 0.25) is 0 Å². The largest absolute Gasteiger partial charge is 0.317 e. The first kappa shape index (κ1) is 12.0. The van der Waals surface area contributed by atoms with Gasteiger partial charge in [0.25, 0.3) is 0 Å². The molecule has 0 saturated carbocycles. The van der Waals surface area contributed by atoms with Crippen LogP contribution in [0.3, 0.4) is 0 Å². The van der Waals surface area contributed by atoms with Crippen LogP contribution in [0.15, 0.2) is 0 Å². The molecule has 0 heterocycles.